The Bertz CT molecular complexity index is 332. The summed E-state index contributed by atoms with van der Waals surface area (Å²) in [7, 11) is 0. The van der Waals surface area contributed by atoms with Gasteiger partial charge in [-0.05, 0) is 42.7 Å². The van der Waals surface area contributed by atoms with Crippen molar-refractivity contribution in [2.24, 2.45) is 5.92 Å². The van der Waals surface area contributed by atoms with E-state index in [9.17, 15) is 0 Å². The average molecular weight is 188 g/mol. The van der Waals surface area contributed by atoms with Crippen LogP contribution in [-0.4, -0.2) is 6.61 Å². The molecule has 0 amide bonds. The lowest BCUT2D eigenvalue weighted by Gasteiger charge is -2.36. The molecule has 1 saturated heterocycles. The smallest absolute Gasteiger partial charge is 0.0855 e. The summed E-state index contributed by atoms with van der Waals surface area (Å²) in [6.07, 6.45) is 5.60. The van der Waals surface area contributed by atoms with Crippen LogP contribution in [-0.2, 0) is 11.2 Å². The van der Waals surface area contributed by atoms with Crippen LogP contribution in [0.4, 0.5) is 0 Å². The summed E-state index contributed by atoms with van der Waals surface area (Å²) in [5.74, 6) is 0.790. The summed E-state index contributed by atoms with van der Waals surface area (Å²) in [5.41, 5.74) is 2.97. The van der Waals surface area contributed by atoms with Gasteiger partial charge < -0.3 is 4.74 Å². The van der Waals surface area contributed by atoms with Gasteiger partial charge in [0.05, 0.1) is 6.10 Å². The number of benzene rings is 1. The quantitative estimate of drug-likeness (QED) is 0.608. The van der Waals surface area contributed by atoms with Gasteiger partial charge in [0, 0.05) is 6.61 Å². The van der Waals surface area contributed by atoms with Crippen molar-refractivity contribution in [3.05, 3.63) is 35.4 Å². The van der Waals surface area contributed by atoms with Crippen LogP contribution < -0.4 is 0 Å². The second-order valence-electron chi connectivity index (χ2n) is 4.43. The summed E-state index contributed by atoms with van der Waals surface area (Å²) in [6.45, 7) is 0.954. The van der Waals surface area contributed by atoms with Gasteiger partial charge in [-0.15, -0.1) is 0 Å². The fraction of sp³-hybridized carbons (Fsp3) is 0.538. The fourth-order valence-corrected chi connectivity index (χ4v) is 2.86. The maximum absolute atomic E-state index is 5.91. The van der Waals surface area contributed by atoms with E-state index in [1.165, 1.54) is 36.8 Å². The van der Waals surface area contributed by atoms with Gasteiger partial charge in [0.2, 0.25) is 0 Å². The minimum absolute atomic E-state index is 0.411. The second-order valence-corrected chi connectivity index (χ2v) is 4.43. The zero-order valence-corrected chi connectivity index (χ0v) is 8.41. The van der Waals surface area contributed by atoms with E-state index in [1.54, 1.807) is 0 Å². The highest BCUT2D eigenvalue weighted by atomic mass is 16.5. The lowest BCUT2D eigenvalue weighted by atomic mass is 9.78. The molecular weight excluding hydrogens is 172 g/mol. The molecule has 0 radical (unpaired) electrons. The van der Waals surface area contributed by atoms with Crippen LogP contribution in [0.3, 0.4) is 0 Å². The predicted octanol–water partition coefficient (Wildman–Crippen LogP) is 3.10. The highest BCUT2D eigenvalue weighted by molar-refractivity contribution is 5.32. The summed E-state index contributed by atoms with van der Waals surface area (Å²) < 4.78 is 5.91. The topological polar surface area (TPSA) is 9.23 Å². The summed E-state index contributed by atoms with van der Waals surface area (Å²) in [4.78, 5) is 0. The number of hydrogen-bond acceptors (Lipinski definition) is 1. The maximum atomic E-state index is 5.91. The Balaban J connectivity index is 1.99. The van der Waals surface area contributed by atoms with Gasteiger partial charge in [-0.3, -0.25) is 0 Å². The molecule has 0 saturated carbocycles. The summed E-state index contributed by atoms with van der Waals surface area (Å²) in [6, 6.07) is 8.78. The van der Waals surface area contributed by atoms with E-state index in [0.717, 1.165) is 12.5 Å². The molecule has 0 N–H and O–H groups in total. The first-order valence-corrected chi connectivity index (χ1v) is 5.64. The third kappa shape index (κ3) is 1.27. The van der Waals surface area contributed by atoms with Gasteiger partial charge in [-0.25, -0.2) is 0 Å². The Labute approximate surface area is 85.1 Å². The Morgan fingerprint density at radius 2 is 2.07 bits per heavy atom. The van der Waals surface area contributed by atoms with E-state index in [4.69, 9.17) is 4.74 Å². The van der Waals surface area contributed by atoms with Crippen LogP contribution in [0.1, 0.15) is 36.5 Å². The van der Waals surface area contributed by atoms with Crippen molar-refractivity contribution in [3.63, 3.8) is 0 Å². The molecule has 1 aliphatic heterocycles. The molecule has 1 nitrogen and oxygen atoms in total. The largest absolute Gasteiger partial charge is 0.373 e. The third-order valence-corrected chi connectivity index (χ3v) is 3.59. The van der Waals surface area contributed by atoms with Crippen molar-refractivity contribution in [1.82, 2.24) is 0 Å². The maximum Gasteiger partial charge on any atom is 0.0855 e. The zero-order chi connectivity index (χ0) is 9.38. The summed E-state index contributed by atoms with van der Waals surface area (Å²) >= 11 is 0. The van der Waals surface area contributed by atoms with Crippen molar-refractivity contribution in [1.29, 1.82) is 0 Å². The van der Waals surface area contributed by atoms with E-state index >= 15 is 0 Å². The SMILES string of the molecule is c1ccc2c(c1)CC[C@H]1CCCO[C@H]21. The molecule has 1 fully saturated rings. The van der Waals surface area contributed by atoms with Gasteiger partial charge in [-0.1, -0.05) is 24.3 Å². The standard InChI is InChI=1S/C13H16O/c1-2-6-12-10(4-1)7-8-11-5-3-9-14-13(11)12/h1-2,4,6,11,13H,3,5,7-9H2/t11-,13+/m1/s1. The monoisotopic (exact) mass is 188 g/mol. The predicted molar refractivity (Wildman–Crippen MR) is 56.2 cm³/mol. The lowest BCUT2D eigenvalue weighted by molar-refractivity contribution is -0.0362. The molecule has 2 aliphatic rings. The van der Waals surface area contributed by atoms with Crippen molar-refractivity contribution < 1.29 is 4.74 Å². The van der Waals surface area contributed by atoms with E-state index in [1.807, 2.05) is 0 Å². The molecule has 1 aromatic carbocycles. The van der Waals surface area contributed by atoms with Crippen molar-refractivity contribution in [2.45, 2.75) is 31.8 Å². The highest BCUT2D eigenvalue weighted by Gasteiger charge is 2.31. The Morgan fingerprint density at radius 1 is 1.14 bits per heavy atom. The van der Waals surface area contributed by atoms with Gasteiger partial charge in [0.1, 0.15) is 0 Å². The van der Waals surface area contributed by atoms with Crippen molar-refractivity contribution in [2.75, 3.05) is 6.61 Å². The van der Waals surface area contributed by atoms with Gasteiger partial charge in [-0.2, -0.15) is 0 Å². The van der Waals surface area contributed by atoms with Gasteiger partial charge >= 0.3 is 0 Å². The molecule has 0 aromatic heterocycles. The Kier molecular flexibility index (Phi) is 2.06. The minimum Gasteiger partial charge on any atom is -0.373 e. The highest BCUT2D eigenvalue weighted by Crippen LogP contribution is 2.41. The molecule has 1 heterocycles. The van der Waals surface area contributed by atoms with Crippen molar-refractivity contribution in [3.8, 4) is 0 Å². The van der Waals surface area contributed by atoms with Gasteiger partial charge in [0.25, 0.3) is 0 Å². The molecule has 1 heteroatoms. The number of rotatable bonds is 0. The van der Waals surface area contributed by atoms with E-state index in [0.29, 0.717) is 6.10 Å². The number of ether oxygens (including phenoxy) is 1. The van der Waals surface area contributed by atoms with E-state index in [-0.39, 0.29) is 0 Å². The first kappa shape index (κ1) is 8.49. The Hall–Kier alpha value is -0.820. The van der Waals surface area contributed by atoms with E-state index < -0.39 is 0 Å². The lowest BCUT2D eigenvalue weighted by Crippen LogP contribution is -2.27. The average Bonchev–Trinajstić information content (AvgIpc) is 2.29. The molecule has 0 bridgehead atoms. The number of fused-ring (bicyclic) bond motifs is 3. The molecule has 3 rings (SSSR count). The third-order valence-electron chi connectivity index (χ3n) is 3.59. The molecule has 2 atom stereocenters. The van der Waals surface area contributed by atoms with Crippen molar-refractivity contribution >= 4 is 0 Å². The molecule has 14 heavy (non-hydrogen) atoms. The number of hydrogen-bond donors (Lipinski definition) is 0. The molecule has 0 unspecified atom stereocenters. The summed E-state index contributed by atoms with van der Waals surface area (Å²) in [5, 5.41) is 0. The molecule has 74 valence electrons. The second kappa shape index (κ2) is 3.39. The molecular formula is C13H16O. The van der Waals surface area contributed by atoms with Crippen LogP contribution in [0.5, 0.6) is 0 Å². The Morgan fingerprint density at radius 3 is 3.07 bits per heavy atom. The molecule has 1 aliphatic carbocycles. The first-order valence-electron chi connectivity index (χ1n) is 5.64. The minimum atomic E-state index is 0.411. The van der Waals surface area contributed by atoms with Crippen LogP contribution >= 0.6 is 0 Å². The van der Waals surface area contributed by atoms with Crippen LogP contribution in [0, 0.1) is 5.92 Å². The first-order chi connectivity index (χ1) is 6.95. The van der Waals surface area contributed by atoms with E-state index in [2.05, 4.69) is 24.3 Å². The normalized spacial score (nSPS) is 30.6. The molecule has 1 aromatic rings. The van der Waals surface area contributed by atoms with Gasteiger partial charge in [0.15, 0.2) is 0 Å². The molecule has 0 spiro atoms. The number of aryl methyl sites for hydroxylation is 1. The van der Waals surface area contributed by atoms with Crippen LogP contribution in [0.25, 0.3) is 0 Å². The van der Waals surface area contributed by atoms with Crippen LogP contribution in [0.15, 0.2) is 24.3 Å². The fourth-order valence-electron chi connectivity index (χ4n) is 2.86. The van der Waals surface area contributed by atoms with Crippen LogP contribution in [0.2, 0.25) is 0 Å². The zero-order valence-electron chi connectivity index (χ0n) is 8.41.